The summed E-state index contributed by atoms with van der Waals surface area (Å²) in [7, 11) is 0. The van der Waals surface area contributed by atoms with Crippen molar-refractivity contribution in [2.45, 2.75) is 25.9 Å². The summed E-state index contributed by atoms with van der Waals surface area (Å²) in [5.74, 6) is -0.882. The zero-order valence-corrected chi connectivity index (χ0v) is 15.1. The van der Waals surface area contributed by atoms with Gasteiger partial charge < -0.3 is 25.2 Å². The van der Waals surface area contributed by atoms with Crippen LogP contribution in [-0.2, 0) is 17.6 Å². The molecule has 0 bridgehead atoms. The maximum Gasteiger partial charge on any atom is 0.142 e. The van der Waals surface area contributed by atoms with Gasteiger partial charge >= 0.3 is 0 Å². The highest BCUT2D eigenvalue weighted by molar-refractivity contribution is 6.33. The number of phenols is 2. The lowest BCUT2D eigenvalue weighted by atomic mass is 9.90. The molecular formula is C19H22ClFO5. The highest BCUT2D eigenvalue weighted by Crippen LogP contribution is 2.43. The summed E-state index contributed by atoms with van der Waals surface area (Å²) in [4.78, 5) is 0. The predicted octanol–water partition coefficient (Wildman–Crippen LogP) is 3.03. The van der Waals surface area contributed by atoms with E-state index in [9.17, 15) is 19.7 Å². The van der Waals surface area contributed by atoms with Crippen LogP contribution in [0.2, 0.25) is 5.02 Å². The second-order valence-corrected chi connectivity index (χ2v) is 6.24. The van der Waals surface area contributed by atoms with Crippen molar-refractivity contribution in [3.63, 3.8) is 0 Å². The average Bonchev–Trinajstić information content (AvgIpc) is 2.61. The van der Waals surface area contributed by atoms with Crippen LogP contribution in [0.5, 0.6) is 11.5 Å². The van der Waals surface area contributed by atoms with Gasteiger partial charge in [0.2, 0.25) is 0 Å². The molecule has 0 saturated carbocycles. The van der Waals surface area contributed by atoms with Gasteiger partial charge in [0.15, 0.2) is 0 Å². The van der Waals surface area contributed by atoms with E-state index in [2.05, 4.69) is 0 Å². The summed E-state index contributed by atoms with van der Waals surface area (Å²) in [5.41, 5.74) is 1.86. The lowest BCUT2D eigenvalue weighted by Gasteiger charge is -2.19. The van der Waals surface area contributed by atoms with E-state index >= 15 is 0 Å². The molecule has 0 aliphatic carbocycles. The van der Waals surface area contributed by atoms with Gasteiger partial charge in [0, 0.05) is 17.2 Å². The lowest BCUT2D eigenvalue weighted by Crippen LogP contribution is -2.20. The van der Waals surface area contributed by atoms with Gasteiger partial charge in [-0.2, -0.15) is 0 Å². The number of hydrogen-bond donors (Lipinski definition) is 4. The highest BCUT2D eigenvalue weighted by atomic mass is 35.5. The number of phenolic OH excluding ortho intramolecular Hbond substituents is 2. The molecule has 1 unspecified atom stereocenters. The molecule has 2 rings (SSSR count). The second kappa shape index (κ2) is 9.19. The topological polar surface area (TPSA) is 90.2 Å². The van der Waals surface area contributed by atoms with E-state index in [1.807, 2.05) is 6.92 Å². The smallest absolute Gasteiger partial charge is 0.142 e. The largest absolute Gasteiger partial charge is 0.508 e. The summed E-state index contributed by atoms with van der Waals surface area (Å²) in [6, 6.07) is 5.53. The number of aromatic hydroxyl groups is 2. The molecule has 0 spiro atoms. The van der Waals surface area contributed by atoms with Crippen molar-refractivity contribution in [1.29, 1.82) is 0 Å². The molecule has 4 N–H and O–H groups in total. The number of aliphatic hydroxyl groups excluding tert-OH is 2. The van der Waals surface area contributed by atoms with Gasteiger partial charge in [-0.05, 0) is 30.0 Å². The minimum Gasteiger partial charge on any atom is -0.508 e. The van der Waals surface area contributed by atoms with Gasteiger partial charge in [-0.3, -0.25) is 0 Å². The van der Waals surface area contributed by atoms with E-state index < -0.39 is 18.5 Å². The van der Waals surface area contributed by atoms with Crippen LogP contribution in [0.1, 0.15) is 18.1 Å². The van der Waals surface area contributed by atoms with Crippen LogP contribution in [0.25, 0.3) is 11.1 Å². The number of ether oxygens (including phenoxy) is 1. The van der Waals surface area contributed by atoms with Crippen LogP contribution in [0.3, 0.4) is 0 Å². The maximum atomic E-state index is 13.9. The molecule has 2 aromatic carbocycles. The van der Waals surface area contributed by atoms with Crippen molar-refractivity contribution in [2.24, 2.45) is 0 Å². The fourth-order valence-electron chi connectivity index (χ4n) is 2.86. The molecule has 2 aromatic rings. The van der Waals surface area contributed by atoms with Crippen molar-refractivity contribution in [1.82, 2.24) is 0 Å². The molecule has 1 atom stereocenters. The molecule has 0 fully saturated rings. The van der Waals surface area contributed by atoms with Gasteiger partial charge in [0.1, 0.15) is 23.4 Å². The van der Waals surface area contributed by atoms with Crippen LogP contribution in [0.15, 0.2) is 24.3 Å². The Hall–Kier alpha value is -1.86. The number of halogens is 2. The van der Waals surface area contributed by atoms with Gasteiger partial charge in [-0.1, -0.05) is 30.7 Å². The van der Waals surface area contributed by atoms with E-state index in [4.69, 9.17) is 21.4 Å². The molecular weight excluding hydrogens is 363 g/mol. The van der Waals surface area contributed by atoms with Crippen LogP contribution >= 0.6 is 11.6 Å². The molecule has 5 nitrogen and oxygen atoms in total. The Kier molecular flexibility index (Phi) is 7.23. The van der Waals surface area contributed by atoms with Crippen LogP contribution < -0.4 is 0 Å². The molecule has 0 radical (unpaired) electrons. The van der Waals surface area contributed by atoms with Crippen molar-refractivity contribution in [2.75, 3.05) is 19.8 Å². The molecule has 26 heavy (non-hydrogen) atoms. The first kappa shape index (κ1) is 20.5. The van der Waals surface area contributed by atoms with E-state index in [-0.39, 0.29) is 29.7 Å². The van der Waals surface area contributed by atoms with E-state index in [1.165, 1.54) is 18.2 Å². The first-order valence-electron chi connectivity index (χ1n) is 8.28. The standard InChI is InChI=1S/C19H22ClFO5/c1-2-12-13(6-7-26-10-11(23)9-22)18(17(25)8-16(12)24)14-4-3-5-15(21)19(14)20/h3-5,8,11,22-25H,2,6-7,9-10H2,1H3. The normalized spacial score (nSPS) is 12.3. The minimum absolute atomic E-state index is 0.0428. The number of aliphatic hydroxyl groups is 2. The zero-order chi connectivity index (χ0) is 19.3. The Bertz CT molecular complexity index is 766. The Morgan fingerprint density at radius 2 is 1.92 bits per heavy atom. The SMILES string of the molecule is CCc1c(O)cc(O)c(-c2cccc(F)c2Cl)c1CCOCC(O)CO. The fourth-order valence-corrected chi connectivity index (χ4v) is 3.08. The summed E-state index contributed by atoms with van der Waals surface area (Å²) in [6.45, 7) is 1.58. The average molecular weight is 385 g/mol. The number of hydrogen-bond acceptors (Lipinski definition) is 5. The Morgan fingerprint density at radius 3 is 2.58 bits per heavy atom. The first-order chi connectivity index (χ1) is 12.4. The van der Waals surface area contributed by atoms with Gasteiger partial charge in [0.05, 0.1) is 24.8 Å². The predicted molar refractivity (Wildman–Crippen MR) is 97.2 cm³/mol. The Labute approximate surface area is 156 Å². The minimum atomic E-state index is -0.977. The Balaban J connectivity index is 2.45. The first-order valence-corrected chi connectivity index (χ1v) is 8.66. The third kappa shape index (κ3) is 4.45. The van der Waals surface area contributed by atoms with Gasteiger partial charge in [-0.25, -0.2) is 4.39 Å². The second-order valence-electron chi connectivity index (χ2n) is 5.86. The number of rotatable bonds is 8. The zero-order valence-electron chi connectivity index (χ0n) is 14.4. The van der Waals surface area contributed by atoms with Gasteiger partial charge in [-0.15, -0.1) is 0 Å². The van der Waals surface area contributed by atoms with Crippen molar-refractivity contribution in [3.8, 4) is 22.6 Å². The van der Waals surface area contributed by atoms with Crippen LogP contribution in [0.4, 0.5) is 4.39 Å². The molecule has 0 saturated heterocycles. The maximum absolute atomic E-state index is 13.9. The van der Waals surface area contributed by atoms with Crippen molar-refractivity contribution < 1.29 is 29.6 Å². The third-order valence-corrected chi connectivity index (χ3v) is 4.48. The van der Waals surface area contributed by atoms with Crippen molar-refractivity contribution >= 4 is 11.6 Å². The van der Waals surface area contributed by atoms with Gasteiger partial charge in [0.25, 0.3) is 0 Å². The molecule has 0 heterocycles. The van der Waals surface area contributed by atoms with Crippen molar-refractivity contribution in [3.05, 3.63) is 46.2 Å². The van der Waals surface area contributed by atoms with E-state index in [0.717, 1.165) is 0 Å². The number of benzene rings is 2. The van der Waals surface area contributed by atoms with Crippen LogP contribution in [0, 0.1) is 5.82 Å². The molecule has 7 heteroatoms. The summed E-state index contributed by atoms with van der Waals surface area (Å²) in [6.07, 6.45) is -0.193. The molecule has 0 aliphatic heterocycles. The molecule has 0 amide bonds. The van der Waals surface area contributed by atoms with E-state index in [1.54, 1.807) is 6.07 Å². The molecule has 0 aliphatic rings. The monoisotopic (exact) mass is 384 g/mol. The summed E-state index contributed by atoms with van der Waals surface area (Å²) >= 11 is 6.09. The summed E-state index contributed by atoms with van der Waals surface area (Å²) in [5, 5.41) is 38.6. The molecule has 0 aromatic heterocycles. The van der Waals surface area contributed by atoms with Crippen LogP contribution in [-0.4, -0.2) is 46.4 Å². The quantitative estimate of drug-likeness (QED) is 0.525. The summed E-state index contributed by atoms with van der Waals surface area (Å²) < 4.78 is 19.2. The highest BCUT2D eigenvalue weighted by Gasteiger charge is 2.21. The Morgan fingerprint density at radius 1 is 1.19 bits per heavy atom. The third-order valence-electron chi connectivity index (χ3n) is 4.10. The lowest BCUT2D eigenvalue weighted by molar-refractivity contribution is 0.00720. The fraction of sp³-hybridized carbons (Fsp3) is 0.368. The molecule has 142 valence electrons. The van der Waals surface area contributed by atoms with E-state index in [0.29, 0.717) is 35.1 Å².